The minimum absolute atomic E-state index is 0.0383. The molecule has 0 aliphatic rings. The van der Waals surface area contributed by atoms with E-state index >= 15 is 0 Å². The molecule has 1 heterocycles. The number of pyridine rings is 1. The molecule has 84 valence electrons. The zero-order valence-electron chi connectivity index (χ0n) is 9.43. The number of aromatic nitrogens is 1. The lowest BCUT2D eigenvalue weighted by molar-refractivity contribution is 0.0955. The molecule has 0 saturated carbocycles. The number of nitrogens with two attached hydrogens (primary N) is 1. The first kappa shape index (κ1) is 11.9. The smallest absolute Gasteiger partial charge is 0.137 e. The van der Waals surface area contributed by atoms with Crippen molar-refractivity contribution in [1.82, 2.24) is 4.98 Å². The maximum atomic E-state index is 5.99. The van der Waals surface area contributed by atoms with Crippen molar-refractivity contribution in [1.29, 1.82) is 0 Å². The van der Waals surface area contributed by atoms with Crippen molar-refractivity contribution < 1.29 is 9.47 Å². The van der Waals surface area contributed by atoms with E-state index in [0.717, 1.165) is 11.3 Å². The largest absolute Gasteiger partial charge is 0.492 e. The molecule has 0 radical (unpaired) electrons. The van der Waals surface area contributed by atoms with Crippen molar-refractivity contribution in [3.63, 3.8) is 0 Å². The monoisotopic (exact) mass is 210 g/mol. The molecule has 0 spiro atoms. The van der Waals surface area contributed by atoms with Gasteiger partial charge in [0.1, 0.15) is 5.75 Å². The molecule has 0 aromatic carbocycles. The number of rotatable bonds is 5. The molecule has 1 aromatic heterocycles. The fourth-order valence-electron chi connectivity index (χ4n) is 1.28. The van der Waals surface area contributed by atoms with Crippen molar-refractivity contribution in [3.8, 4) is 5.75 Å². The van der Waals surface area contributed by atoms with Gasteiger partial charge in [-0.25, -0.2) is 0 Å². The Balaban J connectivity index is 2.80. The highest BCUT2D eigenvalue weighted by Crippen LogP contribution is 2.19. The van der Waals surface area contributed by atoms with Crippen LogP contribution in [0, 0.1) is 0 Å². The van der Waals surface area contributed by atoms with E-state index in [2.05, 4.69) is 4.98 Å². The van der Waals surface area contributed by atoms with Gasteiger partial charge in [0.25, 0.3) is 0 Å². The fraction of sp³-hybridized carbons (Fsp3) is 0.545. The molecule has 0 saturated heterocycles. The first-order valence-electron chi connectivity index (χ1n) is 5.05. The molecule has 4 nitrogen and oxygen atoms in total. The summed E-state index contributed by atoms with van der Waals surface area (Å²) in [5, 5.41) is 0. The highest BCUT2D eigenvalue weighted by atomic mass is 16.5. The third-order valence-corrected chi connectivity index (χ3v) is 2.31. The van der Waals surface area contributed by atoms with Crippen LogP contribution in [-0.2, 0) is 4.74 Å². The van der Waals surface area contributed by atoms with Crippen LogP contribution in [0.15, 0.2) is 18.5 Å². The topological polar surface area (TPSA) is 57.4 Å². The third-order valence-electron chi connectivity index (χ3n) is 2.31. The lowest BCUT2D eigenvalue weighted by Gasteiger charge is -2.18. The average molecular weight is 210 g/mol. The molecule has 4 heteroatoms. The number of methoxy groups -OCH3 is 1. The Morgan fingerprint density at radius 1 is 1.47 bits per heavy atom. The summed E-state index contributed by atoms with van der Waals surface area (Å²) in [5.41, 5.74) is 6.92. The molecule has 0 fully saturated rings. The second kappa shape index (κ2) is 5.68. The minimum Gasteiger partial charge on any atom is -0.492 e. The zero-order valence-corrected chi connectivity index (χ0v) is 9.43. The molecular weight excluding hydrogens is 192 g/mol. The highest BCUT2D eigenvalue weighted by Gasteiger charge is 2.14. The van der Waals surface area contributed by atoms with E-state index < -0.39 is 0 Å². The van der Waals surface area contributed by atoms with Crippen LogP contribution < -0.4 is 10.5 Å². The quantitative estimate of drug-likeness (QED) is 0.800. The van der Waals surface area contributed by atoms with Crippen molar-refractivity contribution in [2.75, 3.05) is 13.7 Å². The molecule has 15 heavy (non-hydrogen) atoms. The van der Waals surface area contributed by atoms with Crippen LogP contribution in [0.1, 0.15) is 25.5 Å². The van der Waals surface area contributed by atoms with Crippen molar-refractivity contribution in [2.24, 2.45) is 5.73 Å². The van der Waals surface area contributed by atoms with Crippen LogP contribution >= 0.6 is 0 Å². The Morgan fingerprint density at radius 2 is 2.20 bits per heavy atom. The third kappa shape index (κ3) is 3.18. The van der Waals surface area contributed by atoms with Gasteiger partial charge in [-0.3, -0.25) is 4.98 Å². The fourth-order valence-corrected chi connectivity index (χ4v) is 1.28. The van der Waals surface area contributed by atoms with Crippen LogP contribution in [0.2, 0.25) is 0 Å². The predicted octanol–water partition coefficient (Wildman–Crippen LogP) is 1.52. The maximum Gasteiger partial charge on any atom is 0.137 e. The number of nitrogens with zero attached hydrogens (tertiary/aromatic N) is 1. The van der Waals surface area contributed by atoms with Gasteiger partial charge >= 0.3 is 0 Å². The SMILES string of the molecule is CCOc1cncc(C(N)C(C)OC)c1. The van der Waals surface area contributed by atoms with E-state index in [1.165, 1.54) is 0 Å². The Morgan fingerprint density at radius 3 is 2.80 bits per heavy atom. The second-order valence-corrected chi connectivity index (χ2v) is 3.35. The van der Waals surface area contributed by atoms with Crippen molar-refractivity contribution in [3.05, 3.63) is 24.0 Å². The molecule has 0 bridgehead atoms. The van der Waals surface area contributed by atoms with Crippen LogP contribution in [0.3, 0.4) is 0 Å². The summed E-state index contributed by atoms with van der Waals surface area (Å²) in [6, 6.07) is 1.72. The molecule has 0 aliphatic carbocycles. The number of hydrogen-bond acceptors (Lipinski definition) is 4. The molecule has 2 N–H and O–H groups in total. The van der Waals surface area contributed by atoms with Gasteiger partial charge in [-0.15, -0.1) is 0 Å². The lowest BCUT2D eigenvalue weighted by Crippen LogP contribution is -2.25. The Kier molecular flexibility index (Phi) is 4.52. The predicted molar refractivity (Wildman–Crippen MR) is 58.8 cm³/mol. The van der Waals surface area contributed by atoms with Gasteiger partial charge in [0.05, 0.1) is 24.9 Å². The summed E-state index contributed by atoms with van der Waals surface area (Å²) in [5.74, 6) is 0.744. The van der Waals surface area contributed by atoms with Crippen molar-refractivity contribution in [2.45, 2.75) is 26.0 Å². The van der Waals surface area contributed by atoms with E-state index in [1.807, 2.05) is 19.9 Å². The standard InChI is InChI=1S/C11H18N2O2/c1-4-15-10-5-9(6-13-7-10)11(12)8(2)14-3/h5-8,11H,4,12H2,1-3H3. The second-order valence-electron chi connectivity index (χ2n) is 3.35. The normalized spacial score (nSPS) is 14.7. The number of hydrogen-bond donors (Lipinski definition) is 1. The summed E-state index contributed by atoms with van der Waals surface area (Å²) in [4.78, 5) is 4.08. The first-order valence-corrected chi connectivity index (χ1v) is 5.05. The van der Waals surface area contributed by atoms with Crippen molar-refractivity contribution >= 4 is 0 Å². The van der Waals surface area contributed by atoms with Gasteiger partial charge in [0.2, 0.25) is 0 Å². The first-order chi connectivity index (χ1) is 7.19. The summed E-state index contributed by atoms with van der Waals surface area (Å²) in [6.07, 6.45) is 3.38. The van der Waals surface area contributed by atoms with Gasteiger partial charge in [-0.2, -0.15) is 0 Å². The summed E-state index contributed by atoms with van der Waals surface area (Å²) in [7, 11) is 1.64. The van der Waals surface area contributed by atoms with Gasteiger partial charge in [0, 0.05) is 13.3 Å². The van der Waals surface area contributed by atoms with Gasteiger partial charge in [0.15, 0.2) is 0 Å². The van der Waals surface area contributed by atoms with Gasteiger partial charge in [-0.1, -0.05) is 0 Å². The Bertz CT molecular complexity index is 304. The molecule has 1 rings (SSSR count). The zero-order chi connectivity index (χ0) is 11.3. The summed E-state index contributed by atoms with van der Waals surface area (Å²) >= 11 is 0. The average Bonchev–Trinajstić information content (AvgIpc) is 2.28. The maximum absolute atomic E-state index is 5.99. The van der Waals surface area contributed by atoms with Crippen LogP contribution in [0.4, 0.5) is 0 Å². The van der Waals surface area contributed by atoms with E-state index in [-0.39, 0.29) is 12.1 Å². The molecule has 2 unspecified atom stereocenters. The number of ether oxygens (including phenoxy) is 2. The molecular formula is C11H18N2O2. The summed E-state index contributed by atoms with van der Waals surface area (Å²) in [6.45, 7) is 4.49. The van der Waals surface area contributed by atoms with Gasteiger partial charge < -0.3 is 15.2 Å². The Labute approximate surface area is 90.4 Å². The molecule has 0 amide bonds. The van der Waals surface area contributed by atoms with Crippen LogP contribution in [0.5, 0.6) is 5.75 Å². The van der Waals surface area contributed by atoms with Gasteiger partial charge in [-0.05, 0) is 25.5 Å². The van der Waals surface area contributed by atoms with Crippen LogP contribution in [-0.4, -0.2) is 24.8 Å². The lowest BCUT2D eigenvalue weighted by atomic mass is 10.1. The molecule has 0 aliphatic heterocycles. The van der Waals surface area contributed by atoms with E-state index in [9.17, 15) is 0 Å². The summed E-state index contributed by atoms with van der Waals surface area (Å²) < 4.78 is 10.5. The molecule has 1 aromatic rings. The highest BCUT2D eigenvalue weighted by molar-refractivity contribution is 5.26. The Hall–Kier alpha value is -1.13. The van der Waals surface area contributed by atoms with E-state index in [1.54, 1.807) is 19.5 Å². The van der Waals surface area contributed by atoms with E-state index in [4.69, 9.17) is 15.2 Å². The minimum atomic E-state index is -0.178. The van der Waals surface area contributed by atoms with Crippen LogP contribution in [0.25, 0.3) is 0 Å². The van der Waals surface area contributed by atoms with E-state index in [0.29, 0.717) is 6.61 Å². The molecule has 2 atom stereocenters.